The number of carbonyl (C=O) groups excluding carboxylic acids is 2. The summed E-state index contributed by atoms with van der Waals surface area (Å²) in [7, 11) is 0. The standard InChI is InChI=1S/C25H25BrN4O3/c1-15-21-19(28-27-16-9-5-4-6-10-16)13-25(2,3)14-20(21)33-22(15)24(32)30-29-23(31)17-11-7-8-12-18(17)26/h4-12,27H,13-14H2,1-3H3,(H,29,31)(H,30,32)/b28-19-. The Morgan fingerprint density at radius 1 is 0.970 bits per heavy atom. The number of para-hydroxylation sites is 1. The molecule has 0 fully saturated rings. The Labute approximate surface area is 200 Å². The van der Waals surface area contributed by atoms with Crippen molar-refractivity contribution in [3.63, 3.8) is 0 Å². The number of rotatable bonds is 4. The van der Waals surface area contributed by atoms with Crippen LogP contribution in [0.5, 0.6) is 0 Å². The first-order chi connectivity index (χ1) is 15.7. The minimum atomic E-state index is -0.518. The number of carbonyl (C=O) groups is 2. The van der Waals surface area contributed by atoms with E-state index in [1.165, 1.54) is 0 Å². The lowest BCUT2D eigenvalue weighted by atomic mass is 9.75. The normalized spacial score (nSPS) is 15.6. The molecule has 3 aromatic rings. The average molecular weight is 509 g/mol. The van der Waals surface area contributed by atoms with Crippen LogP contribution in [-0.4, -0.2) is 17.5 Å². The molecule has 0 saturated heterocycles. The van der Waals surface area contributed by atoms with E-state index in [1.807, 2.05) is 43.3 Å². The number of furan rings is 1. The fraction of sp³-hybridized carbons (Fsp3) is 0.240. The number of hydrazone groups is 1. The Morgan fingerprint density at radius 2 is 1.64 bits per heavy atom. The minimum Gasteiger partial charge on any atom is -0.455 e. The quantitative estimate of drug-likeness (QED) is 0.421. The molecular weight excluding hydrogens is 484 g/mol. The van der Waals surface area contributed by atoms with Crippen molar-refractivity contribution in [2.24, 2.45) is 10.5 Å². The molecule has 0 bridgehead atoms. The second-order valence-electron chi connectivity index (χ2n) is 8.80. The largest absolute Gasteiger partial charge is 0.455 e. The Bertz CT molecular complexity index is 1230. The van der Waals surface area contributed by atoms with Gasteiger partial charge in [0.25, 0.3) is 5.91 Å². The van der Waals surface area contributed by atoms with Crippen molar-refractivity contribution in [2.75, 3.05) is 5.43 Å². The number of nitrogens with one attached hydrogen (secondary N) is 3. The summed E-state index contributed by atoms with van der Waals surface area (Å²) in [6.07, 6.45) is 1.42. The molecule has 33 heavy (non-hydrogen) atoms. The van der Waals surface area contributed by atoms with E-state index in [1.54, 1.807) is 18.2 Å². The molecule has 7 nitrogen and oxygen atoms in total. The van der Waals surface area contributed by atoms with Gasteiger partial charge in [-0.05, 0) is 59.0 Å². The van der Waals surface area contributed by atoms with Crippen LogP contribution in [0.4, 0.5) is 5.69 Å². The lowest BCUT2D eigenvalue weighted by Crippen LogP contribution is -2.41. The molecule has 2 amide bonds. The van der Waals surface area contributed by atoms with Gasteiger partial charge in [-0.2, -0.15) is 5.10 Å². The molecule has 1 heterocycles. The lowest BCUT2D eigenvalue weighted by Gasteiger charge is -2.29. The Hall–Kier alpha value is -3.39. The van der Waals surface area contributed by atoms with Gasteiger partial charge < -0.3 is 4.42 Å². The SMILES string of the molecule is Cc1c(C(=O)NNC(=O)c2ccccc2Br)oc2c1/C(=N\Nc1ccccc1)CC(C)(C)C2. The van der Waals surface area contributed by atoms with Gasteiger partial charge in [0, 0.05) is 22.0 Å². The Kier molecular flexibility index (Phi) is 6.37. The molecule has 0 spiro atoms. The molecule has 8 heteroatoms. The van der Waals surface area contributed by atoms with Crippen LogP contribution in [0.1, 0.15) is 58.1 Å². The van der Waals surface area contributed by atoms with Gasteiger partial charge >= 0.3 is 5.91 Å². The fourth-order valence-electron chi connectivity index (χ4n) is 3.95. The summed E-state index contributed by atoms with van der Waals surface area (Å²) in [5.41, 5.74) is 11.6. The van der Waals surface area contributed by atoms with E-state index in [4.69, 9.17) is 4.42 Å². The summed E-state index contributed by atoms with van der Waals surface area (Å²) in [5.74, 6) is -0.0621. The number of nitrogens with zero attached hydrogens (tertiary/aromatic N) is 1. The van der Waals surface area contributed by atoms with E-state index in [-0.39, 0.29) is 11.2 Å². The molecule has 170 valence electrons. The number of amides is 2. The third kappa shape index (κ3) is 5.01. The van der Waals surface area contributed by atoms with Crippen LogP contribution in [0.15, 0.2) is 68.6 Å². The Balaban J connectivity index is 1.56. The van der Waals surface area contributed by atoms with Gasteiger partial charge in [0.05, 0.1) is 17.0 Å². The van der Waals surface area contributed by atoms with Crippen molar-refractivity contribution >= 4 is 39.1 Å². The molecular formula is C25H25BrN4O3. The molecule has 1 aromatic heterocycles. The number of anilines is 1. The van der Waals surface area contributed by atoms with Crippen molar-refractivity contribution in [1.82, 2.24) is 10.9 Å². The molecule has 0 aliphatic heterocycles. The highest BCUT2D eigenvalue weighted by Crippen LogP contribution is 2.39. The number of halogens is 1. The zero-order valence-electron chi connectivity index (χ0n) is 18.7. The summed E-state index contributed by atoms with van der Waals surface area (Å²) >= 11 is 3.34. The first kappa shape index (κ1) is 22.8. The first-order valence-corrected chi connectivity index (χ1v) is 11.4. The fourth-order valence-corrected chi connectivity index (χ4v) is 4.42. The van der Waals surface area contributed by atoms with E-state index in [9.17, 15) is 9.59 Å². The predicted molar refractivity (Wildman–Crippen MR) is 131 cm³/mol. The van der Waals surface area contributed by atoms with Crippen LogP contribution in [-0.2, 0) is 6.42 Å². The summed E-state index contributed by atoms with van der Waals surface area (Å²) in [4.78, 5) is 25.3. The van der Waals surface area contributed by atoms with Gasteiger partial charge in [0.15, 0.2) is 5.76 Å². The summed E-state index contributed by atoms with van der Waals surface area (Å²) in [6, 6.07) is 16.7. The molecule has 0 radical (unpaired) electrons. The van der Waals surface area contributed by atoms with E-state index >= 15 is 0 Å². The zero-order chi connectivity index (χ0) is 23.6. The number of hydrazine groups is 1. The molecule has 4 rings (SSSR count). The van der Waals surface area contributed by atoms with E-state index in [2.05, 4.69) is 51.2 Å². The smallest absolute Gasteiger partial charge is 0.305 e. The highest BCUT2D eigenvalue weighted by molar-refractivity contribution is 9.10. The highest BCUT2D eigenvalue weighted by Gasteiger charge is 2.36. The summed E-state index contributed by atoms with van der Waals surface area (Å²) < 4.78 is 6.63. The third-order valence-electron chi connectivity index (χ3n) is 5.50. The molecule has 3 N–H and O–H groups in total. The van der Waals surface area contributed by atoms with E-state index in [0.717, 1.165) is 29.1 Å². The second-order valence-corrected chi connectivity index (χ2v) is 9.65. The van der Waals surface area contributed by atoms with Crippen LogP contribution in [0, 0.1) is 12.3 Å². The summed E-state index contributed by atoms with van der Waals surface area (Å²) in [6.45, 7) is 6.12. The average Bonchev–Trinajstić information content (AvgIpc) is 3.11. The maximum Gasteiger partial charge on any atom is 0.305 e. The molecule has 2 aromatic carbocycles. The van der Waals surface area contributed by atoms with Gasteiger partial charge in [-0.3, -0.25) is 25.9 Å². The van der Waals surface area contributed by atoms with E-state index in [0.29, 0.717) is 22.0 Å². The van der Waals surface area contributed by atoms with Crippen molar-refractivity contribution in [1.29, 1.82) is 0 Å². The molecule has 0 atom stereocenters. The van der Waals surface area contributed by atoms with Crippen LogP contribution in [0.2, 0.25) is 0 Å². The highest BCUT2D eigenvalue weighted by atomic mass is 79.9. The van der Waals surface area contributed by atoms with E-state index < -0.39 is 11.8 Å². The maximum absolute atomic E-state index is 12.9. The van der Waals surface area contributed by atoms with Crippen molar-refractivity contribution < 1.29 is 14.0 Å². The molecule has 0 unspecified atom stereocenters. The van der Waals surface area contributed by atoms with Crippen LogP contribution in [0.25, 0.3) is 0 Å². The number of benzene rings is 2. The first-order valence-electron chi connectivity index (χ1n) is 10.6. The number of fused-ring (bicyclic) bond motifs is 1. The van der Waals surface area contributed by atoms with Gasteiger partial charge in [-0.25, -0.2) is 0 Å². The van der Waals surface area contributed by atoms with Gasteiger partial charge in [-0.15, -0.1) is 0 Å². The van der Waals surface area contributed by atoms with Crippen molar-refractivity contribution in [2.45, 2.75) is 33.6 Å². The summed E-state index contributed by atoms with van der Waals surface area (Å²) in [5, 5.41) is 4.65. The van der Waals surface area contributed by atoms with Gasteiger partial charge in [-0.1, -0.05) is 44.2 Å². The number of hydrogen-bond acceptors (Lipinski definition) is 5. The molecule has 0 saturated carbocycles. The number of hydrogen-bond donors (Lipinski definition) is 3. The monoisotopic (exact) mass is 508 g/mol. The molecule has 1 aliphatic carbocycles. The topological polar surface area (TPSA) is 95.7 Å². The predicted octanol–water partition coefficient (Wildman–Crippen LogP) is 5.21. The van der Waals surface area contributed by atoms with Crippen molar-refractivity contribution in [3.8, 4) is 0 Å². The second kappa shape index (κ2) is 9.23. The third-order valence-corrected chi connectivity index (χ3v) is 6.19. The van der Waals surface area contributed by atoms with Crippen LogP contribution in [0.3, 0.4) is 0 Å². The Morgan fingerprint density at radius 3 is 2.36 bits per heavy atom. The minimum absolute atomic E-state index is 0.0734. The maximum atomic E-state index is 12.9. The lowest BCUT2D eigenvalue weighted by molar-refractivity contribution is 0.0828. The van der Waals surface area contributed by atoms with Crippen molar-refractivity contribution in [3.05, 3.63) is 87.3 Å². The molecule has 1 aliphatic rings. The van der Waals surface area contributed by atoms with Crippen LogP contribution >= 0.6 is 15.9 Å². The van der Waals surface area contributed by atoms with Crippen LogP contribution < -0.4 is 16.3 Å². The van der Waals surface area contributed by atoms with Gasteiger partial charge in [0.1, 0.15) is 5.76 Å². The zero-order valence-corrected chi connectivity index (χ0v) is 20.2. The van der Waals surface area contributed by atoms with Gasteiger partial charge in [0.2, 0.25) is 0 Å².